The quantitative estimate of drug-likeness (QED) is 0.748. The van der Waals surface area contributed by atoms with E-state index in [0.717, 1.165) is 35.0 Å². The summed E-state index contributed by atoms with van der Waals surface area (Å²) in [6.07, 6.45) is 3.63. The molecule has 1 aliphatic rings. The van der Waals surface area contributed by atoms with Gasteiger partial charge in [-0.25, -0.2) is 5.53 Å². The highest BCUT2D eigenvalue weighted by molar-refractivity contribution is 5.99. The van der Waals surface area contributed by atoms with E-state index in [1.807, 2.05) is 6.92 Å². The standard InChI is InChI=1S/C16H22N4O/c1-10-9-12(5-8-20-6-3-4-7-20)11(2)13-14(10)18-16(21)15(13)19-17/h9,17-18,21H,3-8H2,1-2H3. The maximum Gasteiger partial charge on any atom is 0.218 e. The van der Waals surface area contributed by atoms with Gasteiger partial charge in [-0.05, 0) is 62.9 Å². The number of nitrogens with one attached hydrogen (secondary N) is 2. The molecular weight excluding hydrogens is 264 g/mol. The largest absolute Gasteiger partial charge is 0.493 e. The Bertz CT molecular complexity index is 683. The van der Waals surface area contributed by atoms with E-state index in [1.165, 1.54) is 31.5 Å². The Balaban J connectivity index is 1.98. The fourth-order valence-electron chi connectivity index (χ4n) is 3.39. The number of rotatable bonds is 4. The van der Waals surface area contributed by atoms with E-state index in [0.29, 0.717) is 5.69 Å². The third-order valence-corrected chi connectivity index (χ3v) is 4.60. The molecule has 0 spiro atoms. The average Bonchev–Trinajstić information content (AvgIpc) is 3.08. The molecule has 3 N–H and O–H groups in total. The monoisotopic (exact) mass is 286 g/mol. The molecule has 2 heterocycles. The molecule has 0 saturated carbocycles. The smallest absolute Gasteiger partial charge is 0.218 e. The lowest BCUT2D eigenvalue weighted by Crippen LogP contribution is -2.22. The minimum absolute atomic E-state index is 0.0112. The summed E-state index contributed by atoms with van der Waals surface area (Å²) >= 11 is 0. The molecule has 1 aromatic heterocycles. The third kappa shape index (κ3) is 2.42. The number of hydrogen-bond acceptors (Lipinski definition) is 4. The van der Waals surface area contributed by atoms with E-state index in [2.05, 4.69) is 28.0 Å². The molecule has 0 aliphatic carbocycles. The summed E-state index contributed by atoms with van der Waals surface area (Å²) in [5.41, 5.74) is 12.0. The molecule has 5 heteroatoms. The van der Waals surface area contributed by atoms with Crippen LogP contribution >= 0.6 is 0 Å². The molecule has 1 aromatic carbocycles. The van der Waals surface area contributed by atoms with Crippen molar-refractivity contribution in [2.75, 3.05) is 19.6 Å². The lowest BCUT2D eigenvalue weighted by atomic mass is 9.97. The van der Waals surface area contributed by atoms with Gasteiger partial charge >= 0.3 is 0 Å². The molecule has 21 heavy (non-hydrogen) atoms. The van der Waals surface area contributed by atoms with E-state index in [1.54, 1.807) is 0 Å². The molecule has 0 radical (unpaired) electrons. The number of benzene rings is 1. The Hall–Kier alpha value is -1.88. The highest BCUT2D eigenvalue weighted by atomic mass is 16.3. The summed E-state index contributed by atoms with van der Waals surface area (Å²) in [7, 11) is 0. The SMILES string of the molecule is Cc1cc(CCN2CCCC2)c(C)c2c(N=N)c(O)[nH]c12. The van der Waals surface area contributed by atoms with Gasteiger partial charge in [0.25, 0.3) is 0 Å². The topological polar surface area (TPSA) is 75.5 Å². The molecule has 5 nitrogen and oxygen atoms in total. The van der Waals surface area contributed by atoms with Gasteiger partial charge in [0.05, 0.1) is 5.52 Å². The predicted molar refractivity (Wildman–Crippen MR) is 83.6 cm³/mol. The lowest BCUT2D eigenvalue weighted by Gasteiger charge is -2.16. The molecule has 1 fully saturated rings. The van der Waals surface area contributed by atoms with Crippen molar-refractivity contribution in [1.82, 2.24) is 9.88 Å². The van der Waals surface area contributed by atoms with Crippen LogP contribution in [0.1, 0.15) is 29.5 Å². The van der Waals surface area contributed by atoms with Crippen molar-refractivity contribution in [3.8, 4) is 5.88 Å². The fraction of sp³-hybridized carbons (Fsp3) is 0.500. The van der Waals surface area contributed by atoms with Crippen LogP contribution in [0.2, 0.25) is 0 Å². The van der Waals surface area contributed by atoms with Crippen molar-refractivity contribution in [1.29, 1.82) is 5.53 Å². The van der Waals surface area contributed by atoms with Gasteiger partial charge in [0, 0.05) is 11.9 Å². The van der Waals surface area contributed by atoms with Crippen LogP contribution in [-0.4, -0.2) is 34.6 Å². The summed E-state index contributed by atoms with van der Waals surface area (Å²) < 4.78 is 0. The van der Waals surface area contributed by atoms with Gasteiger partial charge in [0.15, 0.2) is 5.69 Å². The molecule has 0 atom stereocenters. The fourth-order valence-corrected chi connectivity index (χ4v) is 3.39. The Labute approximate surface area is 124 Å². The molecule has 0 amide bonds. The second-order valence-corrected chi connectivity index (χ2v) is 5.96. The highest BCUT2D eigenvalue weighted by Gasteiger charge is 2.18. The first kappa shape index (κ1) is 14.1. The highest BCUT2D eigenvalue weighted by Crippen LogP contribution is 2.39. The normalized spacial score (nSPS) is 15.9. The second-order valence-electron chi connectivity index (χ2n) is 5.96. The first-order valence-electron chi connectivity index (χ1n) is 7.55. The van der Waals surface area contributed by atoms with E-state index in [9.17, 15) is 5.11 Å². The van der Waals surface area contributed by atoms with Crippen molar-refractivity contribution in [3.63, 3.8) is 0 Å². The molecule has 0 unspecified atom stereocenters. The minimum atomic E-state index is -0.0112. The lowest BCUT2D eigenvalue weighted by molar-refractivity contribution is 0.343. The van der Waals surface area contributed by atoms with Crippen molar-refractivity contribution >= 4 is 16.6 Å². The Kier molecular flexibility index (Phi) is 3.68. The molecule has 1 saturated heterocycles. The molecule has 3 rings (SSSR count). The van der Waals surface area contributed by atoms with Crippen molar-refractivity contribution in [3.05, 3.63) is 22.8 Å². The van der Waals surface area contributed by atoms with Crippen LogP contribution in [0.5, 0.6) is 5.88 Å². The number of aromatic nitrogens is 1. The van der Waals surface area contributed by atoms with Crippen LogP contribution in [0, 0.1) is 19.4 Å². The maximum atomic E-state index is 9.90. The zero-order valence-electron chi connectivity index (χ0n) is 12.7. The summed E-state index contributed by atoms with van der Waals surface area (Å²) in [6, 6.07) is 2.19. The van der Waals surface area contributed by atoms with E-state index in [-0.39, 0.29) is 5.88 Å². The zero-order chi connectivity index (χ0) is 15.0. The van der Waals surface area contributed by atoms with Crippen LogP contribution in [0.15, 0.2) is 11.2 Å². The molecular formula is C16H22N4O. The average molecular weight is 286 g/mol. The Morgan fingerprint density at radius 1 is 1.33 bits per heavy atom. The number of nitrogens with zero attached hydrogens (tertiary/aromatic N) is 2. The summed E-state index contributed by atoms with van der Waals surface area (Å²) in [5.74, 6) is -0.0112. The van der Waals surface area contributed by atoms with E-state index >= 15 is 0 Å². The van der Waals surface area contributed by atoms with Crippen molar-refractivity contribution < 1.29 is 5.11 Å². The van der Waals surface area contributed by atoms with Crippen molar-refractivity contribution in [2.45, 2.75) is 33.1 Å². The molecule has 1 aliphatic heterocycles. The van der Waals surface area contributed by atoms with Gasteiger partial charge < -0.3 is 15.0 Å². The first-order valence-corrected chi connectivity index (χ1v) is 7.55. The van der Waals surface area contributed by atoms with Gasteiger partial charge in [0.2, 0.25) is 5.88 Å². The summed E-state index contributed by atoms with van der Waals surface area (Å²) in [5, 5.41) is 14.3. The minimum Gasteiger partial charge on any atom is -0.493 e. The number of aromatic amines is 1. The van der Waals surface area contributed by atoms with Gasteiger partial charge in [0.1, 0.15) is 0 Å². The van der Waals surface area contributed by atoms with Gasteiger partial charge in [-0.1, -0.05) is 6.07 Å². The Morgan fingerprint density at radius 3 is 2.71 bits per heavy atom. The number of aromatic hydroxyl groups is 1. The predicted octanol–water partition coefficient (Wildman–Crippen LogP) is 3.79. The Morgan fingerprint density at radius 2 is 2.05 bits per heavy atom. The van der Waals surface area contributed by atoms with Crippen LogP contribution in [0.25, 0.3) is 10.9 Å². The number of fused-ring (bicyclic) bond motifs is 1. The number of likely N-dealkylation sites (tertiary alicyclic amines) is 1. The molecule has 112 valence electrons. The van der Waals surface area contributed by atoms with Gasteiger partial charge in [-0.3, -0.25) is 0 Å². The number of hydrogen-bond donors (Lipinski definition) is 3. The van der Waals surface area contributed by atoms with Crippen LogP contribution in [-0.2, 0) is 6.42 Å². The van der Waals surface area contributed by atoms with Crippen LogP contribution < -0.4 is 0 Å². The van der Waals surface area contributed by atoms with Gasteiger partial charge in [-0.2, -0.15) is 5.11 Å². The van der Waals surface area contributed by atoms with Crippen LogP contribution in [0.4, 0.5) is 5.69 Å². The van der Waals surface area contributed by atoms with Gasteiger partial charge in [-0.15, -0.1) is 0 Å². The van der Waals surface area contributed by atoms with E-state index < -0.39 is 0 Å². The third-order valence-electron chi connectivity index (χ3n) is 4.60. The van der Waals surface area contributed by atoms with Crippen LogP contribution in [0.3, 0.4) is 0 Å². The zero-order valence-corrected chi connectivity index (χ0v) is 12.7. The maximum absolute atomic E-state index is 9.90. The summed E-state index contributed by atoms with van der Waals surface area (Å²) in [6.45, 7) is 7.58. The van der Waals surface area contributed by atoms with Crippen molar-refractivity contribution in [2.24, 2.45) is 5.11 Å². The molecule has 0 bridgehead atoms. The second kappa shape index (κ2) is 5.48. The molecule has 2 aromatic rings. The number of aryl methyl sites for hydroxylation is 2. The summed E-state index contributed by atoms with van der Waals surface area (Å²) in [4.78, 5) is 5.45. The first-order chi connectivity index (χ1) is 10.1. The number of H-pyrrole nitrogens is 1. The van der Waals surface area contributed by atoms with E-state index in [4.69, 9.17) is 5.53 Å².